The quantitative estimate of drug-likeness (QED) is 0.931. The highest BCUT2D eigenvalue weighted by atomic mass is 32.1. The molecule has 1 aromatic carbocycles. The third kappa shape index (κ3) is 3.03. The number of nitrogens with zero attached hydrogens (tertiary/aromatic N) is 1. The second kappa shape index (κ2) is 5.55. The first-order chi connectivity index (χ1) is 9.01. The van der Waals surface area contributed by atoms with Crippen LogP contribution in [0.2, 0.25) is 0 Å². The molecule has 0 radical (unpaired) electrons. The zero-order chi connectivity index (χ0) is 13.9. The molecule has 0 aliphatic heterocycles. The van der Waals surface area contributed by atoms with Crippen molar-refractivity contribution in [1.82, 2.24) is 4.90 Å². The lowest BCUT2D eigenvalue weighted by Gasteiger charge is -2.29. The van der Waals surface area contributed by atoms with Crippen molar-refractivity contribution in [2.45, 2.75) is 19.0 Å². The zero-order valence-electron chi connectivity index (χ0n) is 11.2. The van der Waals surface area contributed by atoms with Gasteiger partial charge in [-0.2, -0.15) is 0 Å². The molecule has 0 saturated carbocycles. The van der Waals surface area contributed by atoms with Gasteiger partial charge in [0.25, 0.3) is 0 Å². The number of thiophene rings is 1. The van der Waals surface area contributed by atoms with E-state index in [9.17, 15) is 4.79 Å². The molecule has 4 heteroatoms. The van der Waals surface area contributed by atoms with Crippen LogP contribution in [0.15, 0.2) is 47.8 Å². The first kappa shape index (κ1) is 13.8. The third-order valence-electron chi connectivity index (χ3n) is 3.14. The van der Waals surface area contributed by atoms with Crippen LogP contribution in [0.25, 0.3) is 0 Å². The minimum Gasteiger partial charge on any atom is -0.339 e. The molecule has 0 aliphatic carbocycles. The van der Waals surface area contributed by atoms with E-state index in [1.165, 1.54) is 0 Å². The minimum absolute atomic E-state index is 0.0768. The molecule has 0 fully saturated rings. The van der Waals surface area contributed by atoms with Crippen molar-refractivity contribution in [1.29, 1.82) is 0 Å². The normalized spacial score (nSPS) is 13.8. The monoisotopic (exact) mass is 274 g/mol. The maximum absolute atomic E-state index is 12.5. The predicted molar refractivity (Wildman–Crippen MR) is 78.8 cm³/mol. The van der Waals surface area contributed by atoms with Crippen LogP contribution in [-0.2, 0) is 16.9 Å². The number of benzene rings is 1. The van der Waals surface area contributed by atoms with Gasteiger partial charge >= 0.3 is 0 Å². The zero-order valence-corrected chi connectivity index (χ0v) is 12.0. The van der Waals surface area contributed by atoms with Crippen molar-refractivity contribution in [3.8, 4) is 0 Å². The van der Waals surface area contributed by atoms with Crippen molar-refractivity contribution in [3.05, 3.63) is 58.3 Å². The van der Waals surface area contributed by atoms with Crippen LogP contribution in [0, 0.1) is 0 Å². The largest absolute Gasteiger partial charge is 0.339 e. The van der Waals surface area contributed by atoms with Gasteiger partial charge in [0.2, 0.25) is 5.91 Å². The number of nitrogens with two attached hydrogens (primary N) is 1. The summed E-state index contributed by atoms with van der Waals surface area (Å²) in [5, 5.41) is 2.01. The van der Waals surface area contributed by atoms with Crippen LogP contribution in [-0.4, -0.2) is 17.9 Å². The van der Waals surface area contributed by atoms with Crippen LogP contribution in [0.5, 0.6) is 0 Å². The van der Waals surface area contributed by atoms with Gasteiger partial charge in [0.15, 0.2) is 0 Å². The number of rotatable bonds is 4. The molecular weight excluding hydrogens is 256 g/mol. The van der Waals surface area contributed by atoms with E-state index >= 15 is 0 Å². The molecule has 100 valence electrons. The van der Waals surface area contributed by atoms with Gasteiger partial charge in [0, 0.05) is 11.9 Å². The van der Waals surface area contributed by atoms with E-state index in [2.05, 4.69) is 0 Å². The lowest BCUT2D eigenvalue weighted by molar-refractivity contribution is -0.135. The van der Waals surface area contributed by atoms with Gasteiger partial charge in [-0.3, -0.25) is 4.79 Å². The Morgan fingerprint density at radius 3 is 2.53 bits per heavy atom. The molecular formula is C15H18N2OS. The molecule has 1 aromatic heterocycles. The summed E-state index contributed by atoms with van der Waals surface area (Å²) in [6, 6.07) is 13.5. The van der Waals surface area contributed by atoms with Crippen LogP contribution >= 0.6 is 11.3 Å². The van der Waals surface area contributed by atoms with Crippen molar-refractivity contribution < 1.29 is 4.79 Å². The van der Waals surface area contributed by atoms with Crippen molar-refractivity contribution in [2.24, 2.45) is 5.73 Å². The number of hydrogen-bond acceptors (Lipinski definition) is 3. The topological polar surface area (TPSA) is 46.3 Å². The van der Waals surface area contributed by atoms with Crippen molar-refractivity contribution in [2.75, 3.05) is 7.05 Å². The highest BCUT2D eigenvalue weighted by Gasteiger charge is 2.32. The molecule has 1 amide bonds. The number of likely N-dealkylation sites (N-methyl/N-ethyl adjacent to an activating group) is 1. The second-order valence-corrected chi connectivity index (χ2v) is 5.84. The lowest BCUT2D eigenvalue weighted by Crippen LogP contribution is -2.49. The molecule has 2 aromatic rings. The molecule has 3 nitrogen and oxygen atoms in total. The van der Waals surface area contributed by atoms with Crippen molar-refractivity contribution >= 4 is 17.2 Å². The van der Waals surface area contributed by atoms with E-state index < -0.39 is 5.54 Å². The maximum atomic E-state index is 12.5. The first-order valence-corrected chi connectivity index (χ1v) is 7.02. The average Bonchev–Trinajstić information content (AvgIpc) is 2.91. The molecule has 2 N–H and O–H groups in total. The Bertz CT molecular complexity index is 535. The molecule has 0 saturated heterocycles. The fourth-order valence-electron chi connectivity index (χ4n) is 2.01. The first-order valence-electron chi connectivity index (χ1n) is 6.14. The van der Waals surface area contributed by atoms with Crippen LogP contribution < -0.4 is 5.73 Å². The van der Waals surface area contributed by atoms with Crippen LogP contribution in [0.3, 0.4) is 0 Å². The van der Waals surface area contributed by atoms with Gasteiger partial charge in [0.1, 0.15) is 5.54 Å². The smallest absolute Gasteiger partial charge is 0.247 e. The summed E-state index contributed by atoms with van der Waals surface area (Å²) in [6.45, 7) is 2.35. The summed E-state index contributed by atoms with van der Waals surface area (Å²) in [5.41, 5.74) is 6.06. The summed E-state index contributed by atoms with van der Waals surface area (Å²) in [7, 11) is 1.79. The summed E-state index contributed by atoms with van der Waals surface area (Å²) in [6.07, 6.45) is 0. The molecule has 1 atom stereocenters. The summed E-state index contributed by atoms with van der Waals surface area (Å²) < 4.78 is 0. The van der Waals surface area contributed by atoms with E-state index in [0.29, 0.717) is 6.54 Å². The Labute approximate surface area is 117 Å². The fraction of sp³-hybridized carbons (Fsp3) is 0.267. The van der Waals surface area contributed by atoms with Gasteiger partial charge < -0.3 is 10.6 Å². The number of hydrogen-bond donors (Lipinski definition) is 1. The molecule has 0 bridgehead atoms. The Morgan fingerprint density at radius 2 is 1.95 bits per heavy atom. The summed E-state index contributed by atoms with van der Waals surface area (Å²) >= 11 is 1.64. The highest BCUT2D eigenvalue weighted by Crippen LogP contribution is 2.21. The predicted octanol–water partition coefficient (Wildman–Crippen LogP) is 2.58. The maximum Gasteiger partial charge on any atom is 0.247 e. The van der Waals surface area contributed by atoms with Gasteiger partial charge in [-0.1, -0.05) is 36.4 Å². The third-order valence-corrected chi connectivity index (χ3v) is 4.00. The van der Waals surface area contributed by atoms with Gasteiger partial charge in [0.05, 0.1) is 6.54 Å². The Kier molecular flexibility index (Phi) is 4.02. The molecule has 19 heavy (non-hydrogen) atoms. The van der Waals surface area contributed by atoms with E-state index in [0.717, 1.165) is 10.4 Å². The van der Waals surface area contributed by atoms with Crippen LogP contribution in [0.4, 0.5) is 0 Å². The molecule has 1 heterocycles. The van der Waals surface area contributed by atoms with Crippen molar-refractivity contribution in [3.63, 3.8) is 0 Å². The average molecular weight is 274 g/mol. The van der Waals surface area contributed by atoms with E-state index in [-0.39, 0.29) is 5.91 Å². The summed E-state index contributed by atoms with van der Waals surface area (Å²) in [5.74, 6) is -0.0768. The SMILES string of the molecule is CN(Cc1cccs1)C(=O)C(C)(N)c1ccccc1. The van der Waals surface area contributed by atoms with Gasteiger partial charge in [-0.15, -0.1) is 11.3 Å². The molecule has 1 unspecified atom stereocenters. The Hall–Kier alpha value is -1.65. The number of carbonyl (C=O) groups is 1. The number of carbonyl (C=O) groups excluding carboxylic acids is 1. The Balaban J connectivity index is 2.14. The van der Waals surface area contributed by atoms with Gasteiger partial charge in [-0.25, -0.2) is 0 Å². The summed E-state index contributed by atoms with van der Waals surface area (Å²) in [4.78, 5) is 15.3. The Morgan fingerprint density at radius 1 is 1.26 bits per heavy atom. The van der Waals surface area contributed by atoms with E-state index in [4.69, 9.17) is 5.73 Å². The molecule has 0 spiro atoms. The number of amides is 1. The fourth-order valence-corrected chi connectivity index (χ4v) is 2.77. The highest BCUT2D eigenvalue weighted by molar-refractivity contribution is 7.09. The lowest BCUT2D eigenvalue weighted by atomic mass is 9.92. The minimum atomic E-state index is -0.993. The molecule has 2 rings (SSSR count). The van der Waals surface area contributed by atoms with E-state index in [1.54, 1.807) is 30.2 Å². The standard InChI is InChI=1S/C15H18N2OS/c1-15(16,12-7-4-3-5-8-12)14(18)17(2)11-13-9-6-10-19-13/h3-10H,11,16H2,1-2H3. The second-order valence-electron chi connectivity index (χ2n) is 4.81. The molecule has 0 aliphatic rings. The van der Waals surface area contributed by atoms with E-state index in [1.807, 2.05) is 47.8 Å². The van der Waals surface area contributed by atoms with Gasteiger partial charge in [-0.05, 0) is 23.9 Å². The van der Waals surface area contributed by atoms with Crippen LogP contribution in [0.1, 0.15) is 17.4 Å².